The molecule has 1 saturated heterocycles. The van der Waals surface area contributed by atoms with Gasteiger partial charge >= 0.3 is 0 Å². The zero-order chi connectivity index (χ0) is 15.1. The average molecular weight is 283 g/mol. The van der Waals surface area contributed by atoms with Gasteiger partial charge in [-0.25, -0.2) is 0 Å². The largest absolute Gasteiger partial charge is 0.329 e. The number of rotatable bonds is 8. The second kappa shape index (κ2) is 8.38. The Balaban J connectivity index is 2.45. The second-order valence-corrected chi connectivity index (χ2v) is 7.87. The second-order valence-electron chi connectivity index (χ2n) is 7.87. The summed E-state index contributed by atoms with van der Waals surface area (Å²) in [6.07, 6.45) is 12.1. The van der Waals surface area contributed by atoms with Crippen molar-refractivity contribution in [2.45, 2.75) is 91.0 Å². The first-order valence-corrected chi connectivity index (χ1v) is 8.89. The minimum absolute atomic E-state index is 0.229. The van der Waals surface area contributed by atoms with Crippen LogP contribution in [0.1, 0.15) is 85.5 Å². The lowest BCUT2D eigenvalue weighted by atomic mass is 9.85. The minimum atomic E-state index is 0.229. The van der Waals surface area contributed by atoms with Crippen LogP contribution in [-0.4, -0.2) is 30.1 Å². The number of nitrogens with two attached hydrogens (primary N) is 1. The number of likely N-dealkylation sites (tertiary alicyclic amines) is 1. The van der Waals surface area contributed by atoms with Crippen molar-refractivity contribution in [1.29, 1.82) is 0 Å². The van der Waals surface area contributed by atoms with Crippen molar-refractivity contribution in [3.8, 4) is 0 Å². The van der Waals surface area contributed by atoms with Crippen LogP contribution in [0.4, 0.5) is 0 Å². The van der Waals surface area contributed by atoms with Crippen molar-refractivity contribution in [2.24, 2.45) is 11.1 Å². The molecule has 0 saturated carbocycles. The average Bonchev–Trinajstić information content (AvgIpc) is 2.59. The SMILES string of the molecule is CCCCCCCC(C)(CN)N1CCCC(C)(C)CC1. The van der Waals surface area contributed by atoms with E-state index in [1.54, 1.807) is 0 Å². The Bertz CT molecular complexity index is 262. The van der Waals surface area contributed by atoms with Crippen LogP contribution in [-0.2, 0) is 0 Å². The number of nitrogens with zero attached hydrogens (tertiary/aromatic N) is 1. The van der Waals surface area contributed by atoms with Crippen molar-refractivity contribution < 1.29 is 0 Å². The molecule has 1 aliphatic heterocycles. The van der Waals surface area contributed by atoms with Gasteiger partial charge in [0.1, 0.15) is 0 Å². The maximum Gasteiger partial charge on any atom is 0.0303 e. The summed E-state index contributed by atoms with van der Waals surface area (Å²) >= 11 is 0. The highest BCUT2D eigenvalue weighted by Gasteiger charge is 2.33. The van der Waals surface area contributed by atoms with Gasteiger partial charge in [0.25, 0.3) is 0 Å². The molecule has 2 nitrogen and oxygen atoms in total. The topological polar surface area (TPSA) is 29.3 Å². The highest BCUT2D eigenvalue weighted by Crippen LogP contribution is 2.33. The third-order valence-electron chi connectivity index (χ3n) is 5.36. The normalized spacial score (nSPS) is 23.2. The minimum Gasteiger partial charge on any atom is -0.329 e. The maximum atomic E-state index is 6.16. The summed E-state index contributed by atoms with van der Waals surface area (Å²) in [6.45, 7) is 12.8. The van der Waals surface area contributed by atoms with Crippen LogP contribution in [0.5, 0.6) is 0 Å². The summed E-state index contributed by atoms with van der Waals surface area (Å²) in [6, 6.07) is 0. The Labute approximate surface area is 127 Å². The summed E-state index contributed by atoms with van der Waals surface area (Å²) in [5, 5.41) is 0. The van der Waals surface area contributed by atoms with Gasteiger partial charge in [-0.2, -0.15) is 0 Å². The smallest absolute Gasteiger partial charge is 0.0303 e. The lowest BCUT2D eigenvalue weighted by Gasteiger charge is -2.41. The molecule has 0 aromatic carbocycles. The van der Waals surface area contributed by atoms with Crippen LogP contribution >= 0.6 is 0 Å². The molecule has 1 fully saturated rings. The molecule has 0 spiro atoms. The van der Waals surface area contributed by atoms with Crippen LogP contribution in [0, 0.1) is 5.41 Å². The number of hydrogen-bond donors (Lipinski definition) is 1. The first-order valence-electron chi connectivity index (χ1n) is 8.89. The highest BCUT2D eigenvalue weighted by molar-refractivity contribution is 4.90. The zero-order valence-electron chi connectivity index (χ0n) is 14.5. The highest BCUT2D eigenvalue weighted by atomic mass is 15.2. The van der Waals surface area contributed by atoms with Crippen LogP contribution in [0.2, 0.25) is 0 Å². The van der Waals surface area contributed by atoms with Crippen LogP contribution in [0.25, 0.3) is 0 Å². The van der Waals surface area contributed by atoms with Gasteiger partial charge in [0.05, 0.1) is 0 Å². The van der Waals surface area contributed by atoms with E-state index in [1.165, 1.54) is 70.9 Å². The number of unbranched alkanes of at least 4 members (excludes halogenated alkanes) is 4. The predicted molar refractivity (Wildman–Crippen MR) is 90.0 cm³/mol. The van der Waals surface area contributed by atoms with E-state index in [4.69, 9.17) is 5.73 Å². The molecule has 2 N–H and O–H groups in total. The van der Waals surface area contributed by atoms with E-state index >= 15 is 0 Å². The Morgan fingerprint density at radius 1 is 1.05 bits per heavy atom. The Morgan fingerprint density at radius 3 is 2.40 bits per heavy atom. The fourth-order valence-corrected chi connectivity index (χ4v) is 3.46. The van der Waals surface area contributed by atoms with Gasteiger partial charge in [0, 0.05) is 12.1 Å². The molecule has 0 aromatic heterocycles. The standard InChI is InChI=1S/C18H38N2/c1-5-6-7-8-9-12-18(4,16-19)20-14-10-11-17(2,3)13-15-20/h5-16,19H2,1-4H3. The van der Waals surface area contributed by atoms with E-state index in [0.29, 0.717) is 5.41 Å². The van der Waals surface area contributed by atoms with Crippen molar-refractivity contribution in [2.75, 3.05) is 19.6 Å². The summed E-state index contributed by atoms with van der Waals surface area (Å²) in [4.78, 5) is 2.70. The molecular weight excluding hydrogens is 244 g/mol. The Kier molecular flexibility index (Phi) is 7.53. The van der Waals surface area contributed by atoms with Gasteiger partial charge in [0.2, 0.25) is 0 Å². The quantitative estimate of drug-likeness (QED) is 0.660. The molecule has 0 amide bonds. The van der Waals surface area contributed by atoms with Crippen molar-refractivity contribution in [3.63, 3.8) is 0 Å². The molecule has 20 heavy (non-hydrogen) atoms. The molecule has 1 rings (SSSR count). The maximum absolute atomic E-state index is 6.16. The predicted octanol–water partition coefficient (Wildman–Crippen LogP) is 4.58. The van der Waals surface area contributed by atoms with Gasteiger partial charge in [-0.15, -0.1) is 0 Å². The van der Waals surface area contributed by atoms with E-state index in [-0.39, 0.29) is 5.54 Å². The van der Waals surface area contributed by atoms with Gasteiger partial charge in [-0.1, -0.05) is 52.9 Å². The van der Waals surface area contributed by atoms with Crippen LogP contribution < -0.4 is 5.73 Å². The third-order valence-corrected chi connectivity index (χ3v) is 5.36. The van der Waals surface area contributed by atoms with E-state index in [2.05, 4.69) is 32.6 Å². The zero-order valence-corrected chi connectivity index (χ0v) is 14.5. The van der Waals surface area contributed by atoms with Gasteiger partial charge in [0.15, 0.2) is 0 Å². The fourth-order valence-electron chi connectivity index (χ4n) is 3.46. The first-order chi connectivity index (χ1) is 9.43. The Morgan fingerprint density at radius 2 is 1.75 bits per heavy atom. The lowest BCUT2D eigenvalue weighted by molar-refractivity contribution is 0.0988. The van der Waals surface area contributed by atoms with E-state index in [0.717, 1.165) is 6.54 Å². The molecule has 2 heteroatoms. The van der Waals surface area contributed by atoms with Crippen molar-refractivity contribution in [1.82, 2.24) is 4.90 Å². The van der Waals surface area contributed by atoms with Gasteiger partial charge in [-0.3, -0.25) is 4.90 Å². The summed E-state index contributed by atoms with van der Waals surface area (Å²) in [7, 11) is 0. The summed E-state index contributed by atoms with van der Waals surface area (Å²) < 4.78 is 0. The van der Waals surface area contributed by atoms with Crippen molar-refractivity contribution in [3.05, 3.63) is 0 Å². The molecule has 0 aliphatic carbocycles. The van der Waals surface area contributed by atoms with E-state index < -0.39 is 0 Å². The number of hydrogen-bond acceptors (Lipinski definition) is 2. The summed E-state index contributed by atoms with van der Waals surface area (Å²) in [5.74, 6) is 0. The molecule has 120 valence electrons. The molecule has 0 radical (unpaired) electrons. The van der Waals surface area contributed by atoms with Gasteiger partial charge < -0.3 is 5.73 Å². The molecule has 1 heterocycles. The van der Waals surface area contributed by atoms with E-state index in [1.807, 2.05) is 0 Å². The molecular formula is C18H38N2. The molecule has 1 unspecified atom stereocenters. The third kappa shape index (κ3) is 5.73. The monoisotopic (exact) mass is 282 g/mol. The van der Waals surface area contributed by atoms with E-state index in [9.17, 15) is 0 Å². The first kappa shape index (κ1) is 18.0. The Hall–Kier alpha value is -0.0800. The molecule has 0 aromatic rings. The summed E-state index contributed by atoms with van der Waals surface area (Å²) in [5.41, 5.74) is 6.90. The van der Waals surface area contributed by atoms with Crippen LogP contribution in [0.15, 0.2) is 0 Å². The molecule has 1 atom stereocenters. The lowest BCUT2D eigenvalue weighted by Crippen LogP contribution is -2.52. The van der Waals surface area contributed by atoms with Crippen LogP contribution in [0.3, 0.4) is 0 Å². The van der Waals surface area contributed by atoms with Crippen molar-refractivity contribution >= 4 is 0 Å². The molecule has 0 bridgehead atoms. The fraction of sp³-hybridized carbons (Fsp3) is 1.00. The molecule has 1 aliphatic rings. The van der Waals surface area contributed by atoms with Gasteiger partial charge in [-0.05, 0) is 51.1 Å².